The topological polar surface area (TPSA) is 154 Å². The molecule has 1 rings (SSSR count). The van der Waals surface area contributed by atoms with E-state index < -0.39 is 30.6 Å². The molecule has 0 aromatic heterocycles. The van der Waals surface area contributed by atoms with Crippen LogP contribution in [0.3, 0.4) is 0 Å². The zero-order valence-corrected chi connectivity index (χ0v) is 13.1. The number of nitrogens with one attached hydrogen (secondary N) is 3. The molecule has 0 unspecified atom stereocenters. The van der Waals surface area contributed by atoms with Crippen LogP contribution in [0.4, 0.5) is 0 Å². The minimum absolute atomic E-state index is 0.245. The number of carbonyl (C=O) groups excluding carboxylic acids is 2. The fourth-order valence-corrected chi connectivity index (χ4v) is 2.40. The summed E-state index contributed by atoms with van der Waals surface area (Å²) in [6.07, 6.45) is 3.01. The quantitative estimate of drug-likeness (QED) is 0.251. The van der Waals surface area contributed by atoms with Crippen molar-refractivity contribution in [3.63, 3.8) is 0 Å². The highest BCUT2D eigenvalue weighted by molar-refractivity contribution is 5.91. The molecule has 1 fully saturated rings. The van der Waals surface area contributed by atoms with E-state index in [1.165, 1.54) is 0 Å². The molecular formula is C14H26N4O5. The largest absolute Gasteiger partial charge is 0.480 e. The number of aliphatic carboxylic acids is 1. The van der Waals surface area contributed by atoms with Gasteiger partial charge >= 0.3 is 5.97 Å². The second-order valence-electron chi connectivity index (χ2n) is 5.58. The monoisotopic (exact) mass is 330 g/mol. The number of hydrogen-bond acceptors (Lipinski definition) is 6. The van der Waals surface area contributed by atoms with E-state index >= 15 is 0 Å². The summed E-state index contributed by atoms with van der Waals surface area (Å²) in [6, 6.07) is -2.61. The number of unbranched alkanes of at least 4 members (excludes halogenated alkanes) is 1. The van der Waals surface area contributed by atoms with Crippen LogP contribution in [-0.2, 0) is 14.4 Å². The van der Waals surface area contributed by atoms with Crippen LogP contribution in [0.15, 0.2) is 0 Å². The molecule has 2 amide bonds. The van der Waals surface area contributed by atoms with E-state index in [9.17, 15) is 19.5 Å². The molecular weight excluding hydrogens is 304 g/mol. The summed E-state index contributed by atoms with van der Waals surface area (Å²) in [5.41, 5.74) is 5.36. The fourth-order valence-electron chi connectivity index (χ4n) is 2.40. The Hall–Kier alpha value is -1.71. The Bertz CT molecular complexity index is 412. The third kappa shape index (κ3) is 6.51. The zero-order valence-electron chi connectivity index (χ0n) is 13.1. The van der Waals surface area contributed by atoms with Crippen molar-refractivity contribution < 1.29 is 24.6 Å². The number of aliphatic hydroxyl groups is 1. The first-order valence-corrected chi connectivity index (χ1v) is 7.87. The molecule has 9 heteroatoms. The fraction of sp³-hybridized carbons (Fsp3) is 0.786. The summed E-state index contributed by atoms with van der Waals surface area (Å²) in [5.74, 6) is -2.23. The van der Waals surface area contributed by atoms with Crippen LogP contribution in [0.1, 0.15) is 32.1 Å². The van der Waals surface area contributed by atoms with E-state index in [-0.39, 0.29) is 18.4 Å². The average molecular weight is 330 g/mol. The van der Waals surface area contributed by atoms with Gasteiger partial charge in [0.1, 0.15) is 12.1 Å². The Kier molecular flexibility index (Phi) is 8.52. The minimum Gasteiger partial charge on any atom is -0.480 e. The second-order valence-corrected chi connectivity index (χ2v) is 5.58. The van der Waals surface area contributed by atoms with Gasteiger partial charge in [0.05, 0.1) is 12.6 Å². The van der Waals surface area contributed by atoms with E-state index in [0.717, 1.165) is 13.0 Å². The van der Waals surface area contributed by atoms with Crippen LogP contribution >= 0.6 is 0 Å². The molecule has 0 saturated carbocycles. The predicted octanol–water partition coefficient (Wildman–Crippen LogP) is -2.09. The highest BCUT2D eigenvalue weighted by atomic mass is 16.4. The van der Waals surface area contributed by atoms with Gasteiger partial charge in [0, 0.05) is 0 Å². The molecule has 1 aliphatic rings. The molecule has 3 atom stereocenters. The predicted molar refractivity (Wildman–Crippen MR) is 82.5 cm³/mol. The summed E-state index contributed by atoms with van der Waals surface area (Å²) in [5, 5.41) is 26.2. The Morgan fingerprint density at radius 2 is 1.96 bits per heavy atom. The number of rotatable bonds is 10. The molecule has 1 heterocycles. The Labute approximate surface area is 135 Å². The number of carbonyl (C=O) groups is 3. The van der Waals surface area contributed by atoms with Gasteiger partial charge < -0.3 is 31.9 Å². The van der Waals surface area contributed by atoms with Gasteiger partial charge in [-0.2, -0.15) is 0 Å². The Balaban J connectivity index is 2.52. The lowest BCUT2D eigenvalue weighted by Gasteiger charge is -2.21. The molecule has 132 valence electrons. The number of amides is 2. The van der Waals surface area contributed by atoms with Crippen molar-refractivity contribution in [2.45, 2.75) is 50.2 Å². The summed E-state index contributed by atoms with van der Waals surface area (Å²) >= 11 is 0. The van der Waals surface area contributed by atoms with Gasteiger partial charge in [-0.05, 0) is 45.2 Å². The average Bonchev–Trinajstić information content (AvgIpc) is 3.05. The van der Waals surface area contributed by atoms with Crippen LogP contribution in [0.25, 0.3) is 0 Å². The molecule has 1 aliphatic heterocycles. The van der Waals surface area contributed by atoms with Crippen LogP contribution in [-0.4, -0.2) is 65.8 Å². The van der Waals surface area contributed by atoms with Gasteiger partial charge in [0.15, 0.2) is 0 Å². The van der Waals surface area contributed by atoms with Gasteiger partial charge in [-0.15, -0.1) is 0 Å². The van der Waals surface area contributed by atoms with Crippen molar-refractivity contribution >= 4 is 17.8 Å². The summed E-state index contributed by atoms with van der Waals surface area (Å²) in [7, 11) is 0. The summed E-state index contributed by atoms with van der Waals surface area (Å²) in [6.45, 7) is 0.583. The highest BCUT2D eigenvalue weighted by Crippen LogP contribution is 2.05. The summed E-state index contributed by atoms with van der Waals surface area (Å²) < 4.78 is 0. The second kappa shape index (κ2) is 10.1. The van der Waals surface area contributed by atoms with E-state index in [1.807, 2.05) is 0 Å². The molecule has 9 nitrogen and oxygen atoms in total. The van der Waals surface area contributed by atoms with Gasteiger partial charge in [0.2, 0.25) is 11.8 Å². The lowest BCUT2D eigenvalue weighted by atomic mass is 10.1. The number of carboxylic acids is 1. The van der Waals surface area contributed by atoms with Gasteiger partial charge in [0.25, 0.3) is 0 Å². The van der Waals surface area contributed by atoms with Crippen LogP contribution in [0.5, 0.6) is 0 Å². The lowest BCUT2D eigenvalue weighted by Crippen LogP contribution is -2.55. The van der Waals surface area contributed by atoms with Gasteiger partial charge in [-0.1, -0.05) is 0 Å². The van der Waals surface area contributed by atoms with Crippen molar-refractivity contribution in [2.24, 2.45) is 5.73 Å². The highest BCUT2D eigenvalue weighted by Gasteiger charge is 2.29. The third-order valence-electron chi connectivity index (χ3n) is 3.75. The first kappa shape index (κ1) is 19.3. The Morgan fingerprint density at radius 3 is 2.48 bits per heavy atom. The third-order valence-corrected chi connectivity index (χ3v) is 3.75. The number of carboxylic acid groups (broad SMARTS) is 1. The lowest BCUT2D eigenvalue weighted by molar-refractivity contribution is -0.142. The Morgan fingerprint density at radius 1 is 1.22 bits per heavy atom. The first-order chi connectivity index (χ1) is 11.0. The smallest absolute Gasteiger partial charge is 0.326 e. The van der Waals surface area contributed by atoms with Crippen molar-refractivity contribution in [1.82, 2.24) is 16.0 Å². The van der Waals surface area contributed by atoms with Crippen molar-refractivity contribution in [3.8, 4) is 0 Å². The van der Waals surface area contributed by atoms with Crippen molar-refractivity contribution in [1.29, 1.82) is 0 Å². The molecule has 0 aromatic carbocycles. The first-order valence-electron chi connectivity index (χ1n) is 7.87. The zero-order chi connectivity index (χ0) is 17.2. The molecule has 0 radical (unpaired) electrons. The maximum Gasteiger partial charge on any atom is 0.326 e. The number of nitrogens with two attached hydrogens (primary N) is 1. The molecule has 0 aromatic rings. The van der Waals surface area contributed by atoms with Gasteiger partial charge in [-0.3, -0.25) is 9.59 Å². The number of hydrogen-bond donors (Lipinski definition) is 6. The van der Waals surface area contributed by atoms with Crippen molar-refractivity contribution in [3.05, 3.63) is 0 Å². The summed E-state index contributed by atoms with van der Waals surface area (Å²) in [4.78, 5) is 35.2. The molecule has 0 spiro atoms. The van der Waals surface area contributed by atoms with Crippen molar-refractivity contribution in [2.75, 3.05) is 19.7 Å². The molecule has 1 saturated heterocycles. The van der Waals surface area contributed by atoms with Gasteiger partial charge in [-0.25, -0.2) is 4.79 Å². The van der Waals surface area contributed by atoms with E-state index in [0.29, 0.717) is 25.8 Å². The van der Waals surface area contributed by atoms with E-state index in [1.54, 1.807) is 0 Å². The standard InChI is InChI=1S/C14H26N4O5/c15-6-2-1-4-10(14(22)23)17-13(21)11(8-19)18-12(20)9-5-3-7-16-9/h9-11,16,19H,1-8,15H2,(H,17,21)(H,18,20)(H,22,23)/t9-,10-,11-/m0/s1. The SMILES string of the molecule is NCCCC[C@H](NC(=O)[C@H](CO)NC(=O)[C@@H]1CCCN1)C(=O)O. The minimum atomic E-state index is -1.17. The normalized spacial score (nSPS) is 19.8. The molecule has 0 bridgehead atoms. The molecule has 7 N–H and O–H groups in total. The maximum atomic E-state index is 12.1. The van der Waals surface area contributed by atoms with E-state index in [4.69, 9.17) is 10.8 Å². The molecule has 0 aliphatic carbocycles. The van der Waals surface area contributed by atoms with Crippen LogP contribution in [0, 0.1) is 0 Å². The number of aliphatic hydroxyl groups excluding tert-OH is 1. The van der Waals surface area contributed by atoms with Crippen LogP contribution in [0.2, 0.25) is 0 Å². The van der Waals surface area contributed by atoms with Crippen LogP contribution < -0.4 is 21.7 Å². The molecule has 23 heavy (non-hydrogen) atoms. The maximum absolute atomic E-state index is 12.1. The van der Waals surface area contributed by atoms with E-state index in [2.05, 4.69) is 16.0 Å².